The van der Waals surface area contributed by atoms with Crippen LogP contribution < -0.4 is 0 Å². The molecule has 3 aromatic rings. The van der Waals surface area contributed by atoms with Crippen LogP contribution in [-0.4, -0.2) is 15.1 Å². The van der Waals surface area contributed by atoms with Gasteiger partial charge >= 0.3 is 0 Å². The monoisotopic (exact) mass is 458 g/mol. The maximum Gasteiger partial charge on any atom is 0.126 e. The van der Waals surface area contributed by atoms with E-state index in [4.69, 9.17) is 46.4 Å². The molecule has 2 nitrogen and oxygen atoms in total. The van der Waals surface area contributed by atoms with E-state index >= 15 is 0 Å². The molecule has 0 fully saturated rings. The van der Waals surface area contributed by atoms with Crippen LogP contribution in [0, 0.1) is 0 Å². The van der Waals surface area contributed by atoms with E-state index in [0.717, 1.165) is 0 Å². The normalized spacial score (nSPS) is 12.8. The third-order valence-corrected chi connectivity index (χ3v) is 7.06. The second-order valence-electron chi connectivity index (χ2n) is 5.91. The van der Waals surface area contributed by atoms with Crippen LogP contribution in [-0.2, 0) is 16.4 Å². The lowest BCUT2D eigenvalue weighted by Gasteiger charge is -2.29. The van der Waals surface area contributed by atoms with Crippen molar-refractivity contribution >= 4 is 57.2 Å². The molecular weight excluding hydrogens is 446 g/mol. The van der Waals surface area contributed by atoms with Crippen LogP contribution in [0.5, 0.6) is 0 Å². The minimum atomic E-state index is -1.67. The number of benzene rings is 3. The molecule has 140 valence electrons. The highest BCUT2D eigenvalue weighted by Gasteiger charge is 2.35. The summed E-state index contributed by atoms with van der Waals surface area (Å²) in [6, 6.07) is 18.4. The Bertz CT molecular complexity index is 907. The fourth-order valence-corrected chi connectivity index (χ4v) is 5.34. The Balaban J connectivity index is 2.08. The highest BCUT2D eigenvalue weighted by molar-refractivity contribution is 7.85. The SMILES string of the molecule is O=[S@@](CC(O)(c1ccc(Cl)cc1)c1ccc(Cl)cc1)c1c(Cl)cccc1Cl. The van der Waals surface area contributed by atoms with Gasteiger partial charge in [-0.1, -0.05) is 76.7 Å². The minimum Gasteiger partial charge on any atom is -0.379 e. The summed E-state index contributed by atoms with van der Waals surface area (Å²) < 4.78 is 13.1. The van der Waals surface area contributed by atoms with E-state index < -0.39 is 16.4 Å². The maximum absolute atomic E-state index is 13.1. The number of aliphatic hydroxyl groups is 1. The maximum atomic E-state index is 13.1. The molecule has 7 heteroatoms. The van der Waals surface area contributed by atoms with E-state index in [2.05, 4.69) is 0 Å². The lowest BCUT2D eigenvalue weighted by atomic mass is 9.88. The predicted molar refractivity (Wildman–Crippen MR) is 114 cm³/mol. The highest BCUT2D eigenvalue weighted by Crippen LogP contribution is 2.36. The molecule has 0 radical (unpaired) electrons. The van der Waals surface area contributed by atoms with E-state index in [0.29, 0.717) is 26.1 Å². The molecule has 0 bridgehead atoms. The van der Waals surface area contributed by atoms with Crippen LogP contribution >= 0.6 is 46.4 Å². The Morgan fingerprint density at radius 1 is 0.741 bits per heavy atom. The largest absolute Gasteiger partial charge is 0.379 e. The molecule has 0 aliphatic rings. The van der Waals surface area contributed by atoms with Crippen molar-refractivity contribution in [2.75, 3.05) is 5.75 Å². The zero-order chi connectivity index (χ0) is 19.6. The van der Waals surface area contributed by atoms with Gasteiger partial charge in [-0.2, -0.15) is 0 Å². The fourth-order valence-electron chi connectivity index (χ4n) is 2.75. The quantitative estimate of drug-likeness (QED) is 0.483. The Morgan fingerprint density at radius 3 is 1.56 bits per heavy atom. The van der Waals surface area contributed by atoms with Gasteiger partial charge < -0.3 is 5.11 Å². The number of rotatable bonds is 5. The summed E-state index contributed by atoms with van der Waals surface area (Å²) in [6.45, 7) is 0. The summed E-state index contributed by atoms with van der Waals surface area (Å²) >= 11 is 24.3. The first-order chi connectivity index (χ1) is 12.8. The van der Waals surface area contributed by atoms with E-state index in [1.807, 2.05) is 0 Å². The Morgan fingerprint density at radius 2 is 1.15 bits per heavy atom. The molecule has 0 amide bonds. The smallest absolute Gasteiger partial charge is 0.126 e. The molecule has 27 heavy (non-hydrogen) atoms. The number of hydrogen-bond acceptors (Lipinski definition) is 2. The molecule has 0 aromatic heterocycles. The zero-order valence-corrected chi connectivity index (χ0v) is 17.7. The lowest BCUT2D eigenvalue weighted by Crippen LogP contribution is -2.34. The van der Waals surface area contributed by atoms with Crippen molar-refractivity contribution in [1.82, 2.24) is 0 Å². The van der Waals surface area contributed by atoms with Gasteiger partial charge in [-0.3, -0.25) is 4.21 Å². The number of hydrogen-bond donors (Lipinski definition) is 1. The minimum absolute atomic E-state index is 0.139. The molecule has 0 aliphatic heterocycles. The third kappa shape index (κ3) is 4.51. The third-order valence-electron chi connectivity index (χ3n) is 4.13. The fraction of sp³-hybridized carbons (Fsp3) is 0.100. The second kappa shape index (κ2) is 8.52. The van der Waals surface area contributed by atoms with E-state index in [1.54, 1.807) is 66.7 Å². The molecule has 0 heterocycles. The molecule has 0 saturated heterocycles. The summed E-state index contributed by atoms with van der Waals surface area (Å²) in [6.07, 6.45) is 0. The topological polar surface area (TPSA) is 37.3 Å². The van der Waals surface area contributed by atoms with Crippen LogP contribution in [0.3, 0.4) is 0 Å². The molecule has 0 spiro atoms. The summed E-state index contributed by atoms with van der Waals surface area (Å²) in [5.74, 6) is -0.139. The molecule has 1 atom stereocenters. The first-order valence-corrected chi connectivity index (χ1v) is 10.7. The molecule has 0 unspecified atom stereocenters. The van der Waals surface area contributed by atoms with Gasteiger partial charge in [0.05, 0.1) is 31.5 Å². The van der Waals surface area contributed by atoms with Crippen molar-refractivity contribution in [2.24, 2.45) is 0 Å². The van der Waals surface area contributed by atoms with Gasteiger partial charge in [0.1, 0.15) is 5.60 Å². The first kappa shape index (κ1) is 20.7. The van der Waals surface area contributed by atoms with Crippen LogP contribution in [0.15, 0.2) is 71.6 Å². The van der Waals surface area contributed by atoms with Crippen molar-refractivity contribution in [3.63, 3.8) is 0 Å². The lowest BCUT2D eigenvalue weighted by molar-refractivity contribution is 0.106. The summed E-state index contributed by atoms with van der Waals surface area (Å²) in [7, 11) is -1.67. The molecule has 3 aromatic carbocycles. The van der Waals surface area contributed by atoms with Crippen molar-refractivity contribution < 1.29 is 9.32 Å². The standard InChI is InChI=1S/C20H14Cl4O2S/c21-15-8-4-13(5-9-15)20(25,14-6-10-16(22)11-7-14)12-27(26)19-17(23)2-1-3-18(19)24/h1-11,25H,12H2/t27-/m0/s1. The molecule has 1 N–H and O–H groups in total. The van der Waals surface area contributed by atoms with Crippen molar-refractivity contribution in [3.8, 4) is 0 Å². The van der Waals surface area contributed by atoms with Gasteiger partial charge in [-0.15, -0.1) is 0 Å². The van der Waals surface area contributed by atoms with Crippen LogP contribution in [0.1, 0.15) is 11.1 Å². The summed E-state index contributed by atoms with van der Waals surface area (Å²) in [5, 5.41) is 13.2. The number of halogens is 4. The predicted octanol–water partition coefficient (Wildman–Crippen LogP) is 6.34. The average Bonchev–Trinajstić information content (AvgIpc) is 2.62. The Hall–Kier alpha value is -1.07. The molecule has 3 rings (SSSR count). The van der Waals surface area contributed by atoms with Gasteiger partial charge in [-0.05, 0) is 47.5 Å². The van der Waals surface area contributed by atoms with E-state index in [1.165, 1.54) is 0 Å². The zero-order valence-electron chi connectivity index (χ0n) is 13.8. The van der Waals surface area contributed by atoms with Gasteiger partial charge in [0, 0.05) is 10.0 Å². The van der Waals surface area contributed by atoms with E-state index in [-0.39, 0.29) is 15.8 Å². The van der Waals surface area contributed by atoms with Crippen LogP contribution in [0.2, 0.25) is 20.1 Å². The molecular formula is C20H14Cl4O2S. The van der Waals surface area contributed by atoms with Gasteiger partial charge in [0.2, 0.25) is 0 Å². The Kier molecular flexibility index (Phi) is 6.52. The highest BCUT2D eigenvalue weighted by atomic mass is 35.5. The second-order valence-corrected chi connectivity index (χ2v) is 8.99. The summed E-state index contributed by atoms with van der Waals surface area (Å²) in [5.41, 5.74) is -0.459. The van der Waals surface area contributed by atoms with Crippen LogP contribution in [0.25, 0.3) is 0 Å². The van der Waals surface area contributed by atoms with Crippen LogP contribution in [0.4, 0.5) is 0 Å². The van der Waals surface area contributed by atoms with Crippen molar-refractivity contribution in [1.29, 1.82) is 0 Å². The molecule has 0 aliphatic carbocycles. The summed E-state index contributed by atoms with van der Waals surface area (Å²) in [4.78, 5) is 0.294. The molecule has 0 saturated carbocycles. The van der Waals surface area contributed by atoms with Gasteiger partial charge in [0.15, 0.2) is 0 Å². The Labute approximate surface area is 180 Å². The van der Waals surface area contributed by atoms with Crippen molar-refractivity contribution in [3.05, 3.63) is 97.9 Å². The van der Waals surface area contributed by atoms with Gasteiger partial charge in [-0.25, -0.2) is 0 Å². The van der Waals surface area contributed by atoms with Crippen molar-refractivity contribution in [2.45, 2.75) is 10.5 Å². The van der Waals surface area contributed by atoms with E-state index in [9.17, 15) is 9.32 Å². The average molecular weight is 460 g/mol. The van der Waals surface area contributed by atoms with Gasteiger partial charge in [0.25, 0.3) is 0 Å². The first-order valence-electron chi connectivity index (χ1n) is 7.88.